The van der Waals surface area contributed by atoms with Crippen molar-refractivity contribution in [2.45, 2.75) is 163 Å². The van der Waals surface area contributed by atoms with E-state index in [0.717, 1.165) is 24.8 Å². The van der Waals surface area contributed by atoms with Gasteiger partial charge in [0.15, 0.2) is 5.78 Å². The van der Waals surface area contributed by atoms with Crippen molar-refractivity contribution in [3.8, 4) is 11.1 Å². The van der Waals surface area contributed by atoms with E-state index in [4.69, 9.17) is 26.7 Å². The van der Waals surface area contributed by atoms with Crippen molar-refractivity contribution in [1.29, 1.82) is 0 Å². The van der Waals surface area contributed by atoms with Gasteiger partial charge in [-0.3, -0.25) is 90.9 Å². The van der Waals surface area contributed by atoms with E-state index in [9.17, 15) is 134 Å². The zero-order valence-electron chi connectivity index (χ0n) is 68.0. The molecule has 0 aliphatic heterocycles. The Morgan fingerprint density at radius 3 is 1.59 bits per heavy atom. The molecule has 47 nitrogen and oxygen atoms in total. The Balaban J connectivity index is 1.11. The number of H-pyrrole nitrogens is 1. The quantitative estimate of drug-likeness (QED) is 0.00568. The number of carbonyl (C=O) groups is 20. The van der Waals surface area contributed by atoms with Crippen LogP contribution in [0.5, 0.6) is 0 Å². The van der Waals surface area contributed by atoms with E-state index >= 15 is 0 Å². The molecule has 0 bridgehead atoms. The molecule has 1 aliphatic carbocycles. The summed E-state index contributed by atoms with van der Waals surface area (Å²) in [6.45, 7) is 0.135. The molecule has 26 N–H and O–H groups in total. The van der Waals surface area contributed by atoms with Gasteiger partial charge in [0, 0.05) is 47.2 Å². The number of carboxylic acids is 4. The van der Waals surface area contributed by atoms with Crippen LogP contribution in [0.25, 0.3) is 22.0 Å². The Kier molecular flexibility index (Phi) is 37.5. The number of aliphatic hydroxyl groups excluding tert-OH is 1. The lowest BCUT2D eigenvalue weighted by Crippen LogP contribution is -2.60. The molecule has 1 heterocycles. The molecular formula is C78H97N17O30S. The number of aliphatic carboxylic acids is 4. The number of ether oxygens (including phenoxy) is 2. The lowest BCUT2D eigenvalue weighted by atomic mass is 9.96. The van der Waals surface area contributed by atoms with Gasteiger partial charge in [0.05, 0.1) is 69.3 Å². The maximum Gasteiger partial charge on any atom is 0.407 e. The highest BCUT2D eigenvalue weighted by atomic mass is 32.2. The largest absolute Gasteiger partial charge is 0.481 e. The first-order valence-corrected chi connectivity index (χ1v) is 40.1. The van der Waals surface area contributed by atoms with Gasteiger partial charge in [0.1, 0.15) is 67.0 Å². The number of hydrogen-bond acceptors (Lipinski definition) is 27. The number of esters is 1. The zero-order valence-corrected chi connectivity index (χ0v) is 68.8. The molecule has 13 atom stereocenters. The molecule has 1 aromatic heterocycles. The number of Topliss-reactive ketones (excluding diaryl/α,β-unsaturated/α-hetero) is 1. The number of carbonyl (C=O) groups excluding carboxylic acids is 16. The Hall–Kier alpha value is -14.6. The van der Waals surface area contributed by atoms with E-state index in [1.807, 2.05) is 16.0 Å². The second kappa shape index (κ2) is 47.2. The molecule has 13 unspecified atom stereocenters. The van der Waals surface area contributed by atoms with Gasteiger partial charge >= 0.3 is 35.9 Å². The third-order valence-corrected chi connectivity index (χ3v) is 20.0. The summed E-state index contributed by atoms with van der Waals surface area (Å²) in [6, 6.07) is 2.93. The zero-order chi connectivity index (χ0) is 93.6. The molecule has 1 aliphatic rings. The maximum absolute atomic E-state index is 14.3. The van der Waals surface area contributed by atoms with Crippen LogP contribution in [0.4, 0.5) is 10.5 Å². The van der Waals surface area contributed by atoms with Crippen molar-refractivity contribution in [3.05, 3.63) is 119 Å². The molecular weight excluding hydrogens is 1690 g/mol. The Morgan fingerprint density at radius 2 is 1.00 bits per heavy atom. The van der Waals surface area contributed by atoms with Gasteiger partial charge in [0.2, 0.25) is 76.8 Å². The third kappa shape index (κ3) is 30.5. The summed E-state index contributed by atoms with van der Waals surface area (Å²) in [5.41, 5.74) is 21.0. The monoisotopic (exact) mass is 1780 g/mol. The smallest absolute Gasteiger partial charge is 0.407 e. The van der Waals surface area contributed by atoms with Crippen molar-refractivity contribution >= 4 is 145 Å². The van der Waals surface area contributed by atoms with E-state index in [1.165, 1.54) is 56.3 Å². The first-order valence-electron chi connectivity index (χ1n) is 38.7. The number of fused-ring (bicyclic) bond motifs is 4. The number of nitrogens with two attached hydrogens (primary N) is 3. The fourth-order valence-corrected chi connectivity index (χ4v) is 13.3. The van der Waals surface area contributed by atoms with Crippen LogP contribution < -0.4 is 86.3 Å². The number of carboxylic acid groups (broad SMARTS) is 4. The normalized spacial score (nSPS) is 14.7. The number of aliphatic hydroxyl groups is 1. The lowest BCUT2D eigenvalue weighted by molar-refractivity contribution is -0.148. The minimum atomic E-state index is -4.69. The van der Waals surface area contributed by atoms with E-state index in [1.54, 1.807) is 54.7 Å². The molecule has 48 heteroatoms. The average molecular weight is 1780 g/mol. The fourth-order valence-electron chi connectivity index (χ4n) is 12.8. The lowest BCUT2D eigenvalue weighted by Gasteiger charge is -2.27. The number of alkyl carbamates (subject to hydrolysis) is 1. The number of rotatable bonds is 50. The third-order valence-electron chi connectivity index (χ3n) is 19.2. The molecule has 0 spiro atoms. The van der Waals surface area contributed by atoms with Gasteiger partial charge in [0.25, 0.3) is 10.1 Å². The van der Waals surface area contributed by atoms with Crippen LogP contribution in [-0.2, 0) is 112 Å². The Labute approximate surface area is 716 Å². The van der Waals surface area contributed by atoms with E-state index in [0.29, 0.717) is 27.8 Å². The molecule has 5 aromatic rings. The van der Waals surface area contributed by atoms with Crippen molar-refractivity contribution in [1.82, 2.24) is 74.1 Å². The van der Waals surface area contributed by atoms with Crippen molar-refractivity contribution in [2.75, 3.05) is 45.2 Å². The van der Waals surface area contributed by atoms with Crippen LogP contribution in [0.2, 0.25) is 0 Å². The fraction of sp³-hybridized carbons (Fsp3) is 0.410. The van der Waals surface area contributed by atoms with Crippen LogP contribution in [0.3, 0.4) is 0 Å². The second-order valence-electron chi connectivity index (χ2n) is 28.8. The standard InChI is InChI=1S/C78H97N17O30S/c1-5-124-77(119)56(26-58(97)45-16-8-10-17-48(45)79)94-76(118)66(36(2)23-62(101)102)95-75(117)57(34-96)89-61(100)33-85-70(112)53(28-63(103)104)90-68(110)38(4)87-73(115)54(29-64(105)106)92-71(113)51(19-12-22-82-78(120)125-35-47-43-15-7-6-14-42(43)44-21-20-40(25-46(44)47)126(121,122)123)88-60(99)32-84-67(109)37(3)86-72(114)55(30-65(107)108)93-74(116)52(27-59(81)98)91-69(111)49(80)24-39-31-83-50-18-11-9-13-41(39)50/h6-11,13-18,20-21,25,31,36-38,47,49,51-57,66,83,96H,5,12,19,22-24,26-30,32-35,79-80H2,1-4H3,(H2,81,98)(H,82,120)(H,84,109)(H,85,112)(H,86,114)(H,87,115)(H,88,99)(H,89,100)(H,90,110)(H,91,111)(H,92,113)(H,93,116)(H,94,118)(H,95,117)(H,101,102)(H,103,104)(H,105,106)(H,107,108)(H,121,122,123). The summed E-state index contributed by atoms with van der Waals surface area (Å²) < 4.78 is 44.6. The minimum absolute atomic E-state index is 0.0216. The van der Waals surface area contributed by atoms with Crippen LogP contribution >= 0.6 is 0 Å². The van der Waals surface area contributed by atoms with Gasteiger partial charge in [-0.05, 0) is 104 Å². The van der Waals surface area contributed by atoms with Gasteiger partial charge in [-0.1, -0.05) is 67.6 Å². The highest BCUT2D eigenvalue weighted by Crippen LogP contribution is 2.45. The van der Waals surface area contributed by atoms with Crippen LogP contribution in [-0.4, -0.2) is 268 Å². The topological polar surface area (TPSA) is 766 Å². The van der Waals surface area contributed by atoms with Crippen LogP contribution in [0.15, 0.2) is 102 Å². The van der Waals surface area contributed by atoms with Gasteiger partial charge in [-0.25, -0.2) is 9.59 Å². The maximum atomic E-state index is 14.3. The summed E-state index contributed by atoms with van der Waals surface area (Å²) in [6.07, 6.45) is -6.45. The number of anilines is 1. The first-order chi connectivity index (χ1) is 59.4. The number of benzene rings is 4. The predicted molar refractivity (Wildman–Crippen MR) is 434 cm³/mol. The second-order valence-corrected chi connectivity index (χ2v) is 30.2. The molecule has 4 aromatic carbocycles. The number of nitrogen functional groups attached to an aromatic ring is 1. The molecule has 0 saturated carbocycles. The SMILES string of the molecule is CCOC(=O)C(CC(=O)c1ccccc1N)NC(=O)C(NC(=O)C(CO)NC(=O)CNC(=O)C(CC(=O)O)NC(=O)C(C)NC(=O)C(CC(=O)O)NC(=O)C(CCCNC(=O)OCC1c2ccccc2-c2ccc(S(=O)(=O)O)cc21)NC(=O)CNC(=O)C(C)NC(=O)C(CC(=O)O)NC(=O)C(CC(N)=O)NC(=O)C(N)Cc1c[nH]c2ccccc12)C(C)CC(=O)O. The number of hydrogen-bond donors (Lipinski definition) is 23. The average Bonchev–Trinajstić information content (AvgIpc) is 1.60. The van der Waals surface area contributed by atoms with Crippen molar-refractivity contribution in [2.24, 2.45) is 17.4 Å². The van der Waals surface area contributed by atoms with Crippen molar-refractivity contribution in [3.63, 3.8) is 0 Å². The number of para-hydroxylation sites is 2. The van der Waals surface area contributed by atoms with Crippen LogP contribution in [0.1, 0.15) is 112 Å². The number of aromatic amines is 1. The number of aromatic nitrogens is 1. The van der Waals surface area contributed by atoms with E-state index < -0.39 is 283 Å². The summed E-state index contributed by atoms with van der Waals surface area (Å²) in [4.78, 5) is 266. The first kappa shape index (κ1) is 100. The summed E-state index contributed by atoms with van der Waals surface area (Å²) >= 11 is 0. The summed E-state index contributed by atoms with van der Waals surface area (Å²) in [5.74, 6) is -27.2. The molecule has 0 saturated heterocycles. The number of nitrogens with one attached hydrogen (secondary N) is 14. The predicted octanol–water partition coefficient (Wildman–Crippen LogP) is -5.46. The number of ketones is 1. The molecule has 0 fully saturated rings. The Bertz CT molecular complexity index is 5080. The molecule has 126 heavy (non-hydrogen) atoms. The van der Waals surface area contributed by atoms with E-state index in [-0.39, 0.29) is 37.2 Å². The molecule has 0 radical (unpaired) electrons. The highest BCUT2D eigenvalue weighted by molar-refractivity contribution is 7.85. The highest BCUT2D eigenvalue weighted by Gasteiger charge is 2.39. The minimum Gasteiger partial charge on any atom is -0.481 e. The molecule has 6 rings (SSSR count). The van der Waals surface area contributed by atoms with Crippen LogP contribution in [0, 0.1) is 5.92 Å². The summed E-state index contributed by atoms with van der Waals surface area (Å²) in [5, 5.41) is 78.0. The number of primary amides is 1. The van der Waals surface area contributed by atoms with Gasteiger partial charge < -0.3 is 126 Å². The van der Waals surface area contributed by atoms with Crippen molar-refractivity contribution < 1.29 is 144 Å². The molecule has 14 amide bonds. The van der Waals surface area contributed by atoms with E-state index in [2.05, 4.69) is 58.2 Å². The number of amides is 14. The van der Waals surface area contributed by atoms with Gasteiger partial charge in [-0.2, -0.15) is 8.42 Å². The Morgan fingerprint density at radius 1 is 0.500 bits per heavy atom. The van der Waals surface area contributed by atoms with Gasteiger partial charge in [-0.15, -0.1) is 0 Å². The molecule has 680 valence electrons. The summed E-state index contributed by atoms with van der Waals surface area (Å²) in [7, 11) is -4.69.